The fraction of sp³-hybridized carbons (Fsp3) is 0.250. The highest BCUT2D eigenvalue weighted by atomic mass is 35.5. The van der Waals surface area contributed by atoms with Gasteiger partial charge in [0.1, 0.15) is 6.04 Å². The Kier molecular flexibility index (Phi) is 2.96. The normalized spacial score (nSPS) is 17.4. The first-order valence-corrected chi connectivity index (χ1v) is 6.14. The number of benzene rings is 1. The average Bonchev–Trinajstić information content (AvgIpc) is 2.90. The molecule has 7 heteroatoms. The number of nitrogens with one attached hydrogen (secondary N) is 2. The Hall–Kier alpha value is -1.92. The number of carbonyl (C=O) groups is 1. The Bertz CT molecular complexity index is 640. The first kappa shape index (κ1) is 12.1. The monoisotopic (exact) mass is 278 g/mol. The molecule has 1 aliphatic rings. The maximum atomic E-state index is 11.9. The van der Waals surface area contributed by atoms with Crippen LogP contribution in [0.15, 0.2) is 22.7 Å². The standard InChI is InChI=1S/C12H11ClN4O2/c1-6-15-10(19-17-6)5-14-11-8-4-7(13)2-3-9(8)16-12(11)18/h2-4,11,14H,5H2,1H3,(H,16,18). The van der Waals surface area contributed by atoms with Crippen LogP contribution in [0.3, 0.4) is 0 Å². The third-order valence-electron chi connectivity index (χ3n) is 2.87. The topological polar surface area (TPSA) is 80.0 Å². The van der Waals surface area contributed by atoms with Crippen LogP contribution in [0.2, 0.25) is 5.02 Å². The van der Waals surface area contributed by atoms with Crippen molar-refractivity contribution >= 4 is 23.2 Å². The van der Waals surface area contributed by atoms with Crippen LogP contribution >= 0.6 is 11.6 Å². The summed E-state index contributed by atoms with van der Waals surface area (Å²) in [7, 11) is 0. The summed E-state index contributed by atoms with van der Waals surface area (Å²) in [5.74, 6) is 0.894. The van der Waals surface area contributed by atoms with Crippen molar-refractivity contribution in [2.24, 2.45) is 0 Å². The molecule has 6 nitrogen and oxygen atoms in total. The molecule has 0 saturated carbocycles. The number of anilines is 1. The van der Waals surface area contributed by atoms with E-state index in [0.29, 0.717) is 23.3 Å². The lowest BCUT2D eigenvalue weighted by atomic mass is 10.1. The van der Waals surface area contributed by atoms with Gasteiger partial charge in [0.25, 0.3) is 0 Å². The molecule has 2 N–H and O–H groups in total. The van der Waals surface area contributed by atoms with Gasteiger partial charge in [-0.05, 0) is 25.1 Å². The summed E-state index contributed by atoms with van der Waals surface area (Å²) in [4.78, 5) is 16.0. The van der Waals surface area contributed by atoms with E-state index in [1.54, 1.807) is 25.1 Å². The number of hydrogen-bond donors (Lipinski definition) is 2. The van der Waals surface area contributed by atoms with Crippen molar-refractivity contribution in [3.63, 3.8) is 0 Å². The number of nitrogens with zero attached hydrogens (tertiary/aromatic N) is 2. The van der Waals surface area contributed by atoms with Gasteiger partial charge in [-0.2, -0.15) is 4.98 Å². The molecule has 98 valence electrons. The summed E-state index contributed by atoms with van der Waals surface area (Å²) in [6.45, 7) is 2.06. The molecular formula is C12H11ClN4O2. The minimum absolute atomic E-state index is 0.117. The molecular weight excluding hydrogens is 268 g/mol. The summed E-state index contributed by atoms with van der Waals surface area (Å²) >= 11 is 5.95. The van der Waals surface area contributed by atoms with Gasteiger partial charge in [0.15, 0.2) is 5.82 Å². The Morgan fingerprint density at radius 1 is 1.53 bits per heavy atom. The molecule has 3 rings (SSSR count). The van der Waals surface area contributed by atoms with E-state index in [-0.39, 0.29) is 5.91 Å². The predicted molar refractivity (Wildman–Crippen MR) is 68.7 cm³/mol. The number of fused-ring (bicyclic) bond motifs is 1. The fourth-order valence-corrected chi connectivity index (χ4v) is 2.22. The molecule has 0 fully saturated rings. The fourth-order valence-electron chi connectivity index (χ4n) is 2.04. The zero-order chi connectivity index (χ0) is 13.4. The Morgan fingerprint density at radius 2 is 2.37 bits per heavy atom. The molecule has 0 bridgehead atoms. The molecule has 1 aliphatic heterocycles. The van der Waals surface area contributed by atoms with Crippen LogP contribution in [0, 0.1) is 6.92 Å². The number of rotatable bonds is 3. The second-order valence-electron chi connectivity index (χ2n) is 4.27. The Balaban J connectivity index is 1.78. The number of aromatic nitrogens is 2. The van der Waals surface area contributed by atoms with E-state index in [9.17, 15) is 4.79 Å². The molecule has 1 aromatic heterocycles. The first-order valence-electron chi connectivity index (χ1n) is 5.76. The van der Waals surface area contributed by atoms with E-state index in [1.807, 2.05) is 0 Å². The molecule has 0 aliphatic carbocycles. The number of halogens is 1. The Morgan fingerprint density at radius 3 is 3.11 bits per heavy atom. The molecule has 0 radical (unpaired) electrons. The maximum absolute atomic E-state index is 11.9. The summed E-state index contributed by atoms with van der Waals surface area (Å²) in [5, 5.41) is 10.2. The highest BCUT2D eigenvalue weighted by molar-refractivity contribution is 6.31. The quantitative estimate of drug-likeness (QED) is 0.895. The third kappa shape index (κ3) is 2.32. The van der Waals surface area contributed by atoms with Crippen molar-refractivity contribution in [2.45, 2.75) is 19.5 Å². The van der Waals surface area contributed by atoms with E-state index in [2.05, 4.69) is 20.8 Å². The number of amides is 1. The van der Waals surface area contributed by atoms with E-state index < -0.39 is 6.04 Å². The maximum Gasteiger partial charge on any atom is 0.246 e. The van der Waals surface area contributed by atoms with Gasteiger partial charge in [-0.3, -0.25) is 10.1 Å². The molecule has 0 saturated heterocycles. The first-order chi connectivity index (χ1) is 9.13. The van der Waals surface area contributed by atoms with Crippen molar-refractivity contribution in [2.75, 3.05) is 5.32 Å². The van der Waals surface area contributed by atoms with Crippen LogP contribution in [0.5, 0.6) is 0 Å². The summed E-state index contributed by atoms with van der Waals surface area (Å²) < 4.78 is 4.99. The third-order valence-corrected chi connectivity index (χ3v) is 3.11. The van der Waals surface area contributed by atoms with Crippen LogP contribution in [-0.2, 0) is 11.3 Å². The number of hydrogen-bond acceptors (Lipinski definition) is 5. The summed E-state index contributed by atoms with van der Waals surface area (Å²) in [6.07, 6.45) is 0. The van der Waals surface area contributed by atoms with Crippen LogP contribution in [0.4, 0.5) is 5.69 Å². The molecule has 1 amide bonds. The smallest absolute Gasteiger partial charge is 0.246 e. The van der Waals surface area contributed by atoms with Gasteiger partial charge >= 0.3 is 0 Å². The number of aryl methyl sites for hydroxylation is 1. The summed E-state index contributed by atoms with van der Waals surface area (Å²) in [6, 6.07) is 4.84. The lowest BCUT2D eigenvalue weighted by Gasteiger charge is -2.09. The largest absolute Gasteiger partial charge is 0.338 e. The molecule has 1 aromatic carbocycles. The second-order valence-corrected chi connectivity index (χ2v) is 4.71. The molecule has 1 unspecified atom stereocenters. The van der Waals surface area contributed by atoms with Gasteiger partial charge < -0.3 is 9.84 Å². The van der Waals surface area contributed by atoms with E-state index in [0.717, 1.165) is 11.3 Å². The van der Waals surface area contributed by atoms with Crippen molar-refractivity contribution < 1.29 is 9.32 Å². The van der Waals surface area contributed by atoms with Crippen molar-refractivity contribution in [1.29, 1.82) is 0 Å². The Labute approximate surface area is 114 Å². The minimum atomic E-state index is -0.457. The zero-order valence-corrected chi connectivity index (χ0v) is 10.9. The number of carbonyl (C=O) groups excluding carboxylic acids is 1. The molecule has 2 heterocycles. The van der Waals surface area contributed by atoms with Gasteiger partial charge in [0.05, 0.1) is 6.54 Å². The van der Waals surface area contributed by atoms with Gasteiger partial charge in [-0.15, -0.1) is 0 Å². The van der Waals surface area contributed by atoms with Crippen LogP contribution in [0.1, 0.15) is 23.3 Å². The lowest BCUT2D eigenvalue weighted by Crippen LogP contribution is -2.27. The van der Waals surface area contributed by atoms with E-state index >= 15 is 0 Å². The van der Waals surface area contributed by atoms with Crippen LogP contribution in [-0.4, -0.2) is 16.0 Å². The SMILES string of the molecule is Cc1noc(CNC2C(=O)Nc3ccc(Cl)cc32)n1. The van der Waals surface area contributed by atoms with Crippen molar-refractivity contribution in [1.82, 2.24) is 15.5 Å². The van der Waals surface area contributed by atoms with Gasteiger partial charge in [-0.25, -0.2) is 0 Å². The molecule has 1 atom stereocenters. The lowest BCUT2D eigenvalue weighted by molar-refractivity contribution is -0.117. The minimum Gasteiger partial charge on any atom is -0.338 e. The van der Waals surface area contributed by atoms with Crippen molar-refractivity contribution in [3.05, 3.63) is 40.5 Å². The van der Waals surface area contributed by atoms with Crippen LogP contribution < -0.4 is 10.6 Å². The van der Waals surface area contributed by atoms with E-state index in [1.165, 1.54) is 0 Å². The highest BCUT2D eigenvalue weighted by Gasteiger charge is 2.30. The summed E-state index contributed by atoms with van der Waals surface area (Å²) in [5.41, 5.74) is 1.60. The van der Waals surface area contributed by atoms with Crippen molar-refractivity contribution in [3.8, 4) is 0 Å². The molecule has 2 aromatic rings. The predicted octanol–water partition coefficient (Wildman–Crippen LogP) is 1.81. The van der Waals surface area contributed by atoms with Gasteiger partial charge in [-0.1, -0.05) is 16.8 Å². The highest BCUT2D eigenvalue weighted by Crippen LogP contribution is 2.32. The second kappa shape index (κ2) is 4.64. The zero-order valence-electron chi connectivity index (χ0n) is 10.1. The van der Waals surface area contributed by atoms with Crippen LogP contribution in [0.25, 0.3) is 0 Å². The van der Waals surface area contributed by atoms with Gasteiger partial charge in [0, 0.05) is 16.3 Å². The average molecular weight is 279 g/mol. The van der Waals surface area contributed by atoms with E-state index in [4.69, 9.17) is 16.1 Å². The molecule has 19 heavy (non-hydrogen) atoms. The van der Waals surface area contributed by atoms with Gasteiger partial charge in [0.2, 0.25) is 11.8 Å². The molecule has 0 spiro atoms.